The molecule has 0 unspecified atom stereocenters. The zero-order chi connectivity index (χ0) is 19.5. The van der Waals surface area contributed by atoms with Crippen molar-refractivity contribution in [3.05, 3.63) is 69.7 Å². The van der Waals surface area contributed by atoms with Crippen molar-refractivity contribution in [1.82, 2.24) is 19.1 Å². The molecule has 0 spiro atoms. The lowest BCUT2D eigenvalue weighted by Crippen LogP contribution is -2.31. The van der Waals surface area contributed by atoms with Gasteiger partial charge in [-0.25, -0.2) is 0 Å². The predicted octanol–water partition coefficient (Wildman–Crippen LogP) is 2.96. The van der Waals surface area contributed by atoms with Gasteiger partial charge in [0.1, 0.15) is 0 Å². The molecule has 7 nitrogen and oxygen atoms in total. The second-order valence-corrected chi connectivity index (χ2v) is 7.60. The summed E-state index contributed by atoms with van der Waals surface area (Å²) in [5.41, 5.74) is 1.27. The van der Waals surface area contributed by atoms with Gasteiger partial charge >= 0.3 is 0 Å². The average Bonchev–Trinajstić information content (AvgIpc) is 3.39. The first kappa shape index (κ1) is 18.5. The van der Waals surface area contributed by atoms with E-state index in [1.807, 2.05) is 0 Å². The molecule has 1 aliphatic heterocycles. The fourth-order valence-corrected chi connectivity index (χ4v) is 3.86. The maximum Gasteiger partial charge on any atom is 0.280 e. The molecule has 3 aromatic rings. The zero-order valence-electron chi connectivity index (χ0n) is 14.8. The van der Waals surface area contributed by atoms with Crippen LogP contribution in [0.15, 0.2) is 53.8 Å². The molecule has 1 saturated heterocycles. The first-order valence-corrected chi connectivity index (χ1v) is 9.92. The van der Waals surface area contributed by atoms with Gasteiger partial charge in [0.2, 0.25) is 0 Å². The lowest BCUT2D eigenvalue weighted by molar-refractivity contribution is 0.0785. The summed E-state index contributed by atoms with van der Waals surface area (Å²) in [6.45, 7) is 1.38. The monoisotopic (exact) mass is 413 g/mol. The number of benzene rings is 1. The van der Waals surface area contributed by atoms with Crippen molar-refractivity contribution in [2.45, 2.75) is 12.8 Å². The number of halogens is 1. The van der Waals surface area contributed by atoms with Crippen LogP contribution >= 0.6 is 23.1 Å². The van der Waals surface area contributed by atoms with Crippen LogP contribution < -0.4 is 4.67 Å². The maximum absolute atomic E-state index is 12.9. The van der Waals surface area contributed by atoms with Gasteiger partial charge < -0.3 is 4.90 Å². The Kier molecular flexibility index (Phi) is 5.31. The van der Waals surface area contributed by atoms with Gasteiger partial charge in [-0.15, -0.1) is 5.10 Å². The molecule has 28 heavy (non-hydrogen) atoms. The normalized spacial score (nSPS) is 14.5. The first-order chi connectivity index (χ1) is 13.6. The van der Waals surface area contributed by atoms with Gasteiger partial charge in [-0.3, -0.25) is 14.6 Å². The van der Waals surface area contributed by atoms with E-state index in [0.29, 0.717) is 23.7 Å². The quantitative estimate of drug-likeness (QED) is 0.661. The lowest BCUT2D eigenvalue weighted by atomic mass is 10.3. The Hall–Kier alpha value is -2.84. The molecule has 0 aliphatic carbocycles. The second-order valence-electron chi connectivity index (χ2n) is 6.25. The molecule has 9 heteroatoms. The molecule has 3 heterocycles. The minimum atomic E-state index is -0.463. The topological polar surface area (TPSA) is 80.4 Å². The third-order valence-corrected chi connectivity index (χ3v) is 5.50. The Balaban J connectivity index is 1.78. The molecular weight excluding hydrogens is 398 g/mol. The number of nitrogens with zero attached hydrogens (tertiary/aromatic N) is 5. The highest BCUT2D eigenvalue weighted by molar-refractivity contribution is 7.04. The highest BCUT2D eigenvalue weighted by Crippen LogP contribution is 2.16. The van der Waals surface area contributed by atoms with E-state index in [4.69, 9.17) is 11.6 Å². The van der Waals surface area contributed by atoms with Crippen molar-refractivity contribution in [2.24, 2.45) is 4.99 Å². The number of carbonyl (C=O) groups excluding carboxylic acids is 2. The van der Waals surface area contributed by atoms with Crippen molar-refractivity contribution >= 4 is 34.9 Å². The van der Waals surface area contributed by atoms with Crippen LogP contribution in [0.1, 0.15) is 33.7 Å². The summed E-state index contributed by atoms with van der Waals surface area (Å²) in [7, 11) is 0. The highest BCUT2D eigenvalue weighted by Gasteiger charge is 2.25. The molecule has 4 rings (SSSR count). The smallest absolute Gasteiger partial charge is 0.280 e. The van der Waals surface area contributed by atoms with Crippen LogP contribution in [0.25, 0.3) is 5.69 Å². The van der Waals surface area contributed by atoms with Crippen LogP contribution in [-0.4, -0.2) is 44.0 Å². The van der Waals surface area contributed by atoms with E-state index in [1.54, 1.807) is 51.6 Å². The molecule has 142 valence electrons. The fourth-order valence-electron chi connectivity index (χ4n) is 2.88. The molecule has 1 aromatic carbocycles. The fraction of sp³-hybridized carbons (Fsp3) is 0.211. The van der Waals surface area contributed by atoms with E-state index in [-0.39, 0.29) is 16.3 Å². The van der Waals surface area contributed by atoms with Gasteiger partial charge in [-0.2, -0.15) is 9.06 Å². The van der Waals surface area contributed by atoms with E-state index in [0.717, 1.165) is 30.1 Å². The lowest BCUT2D eigenvalue weighted by Gasteiger charge is -2.12. The summed E-state index contributed by atoms with van der Waals surface area (Å²) in [6.07, 6.45) is 4.96. The Morgan fingerprint density at radius 1 is 1.11 bits per heavy atom. The van der Waals surface area contributed by atoms with Crippen LogP contribution in [0.2, 0.25) is 5.02 Å². The number of rotatable bonds is 3. The Bertz CT molecular complexity index is 1070. The molecule has 0 N–H and O–H groups in total. The molecule has 1 aliphatic rings. The number of hydrogen-bond acceptors (Lipinski definition) is 5. The molecule has 0 saturated carbocycles. The van der Waals surface area contributed by atoms with Crippen molar-refractivity contribution in [3.63, 3.8) is 0 Å². The number of carbonyl (C=O) groups is 2. The van der Waals surface area contributed by atoms with E-state index >= 15 is 0 Å². The summed E-state index contributed by atoms with van der Waals surface area (Å²) < 4.78 is 1.86. The molecule has 2 aromatic heterocycles. The standard InChI is InChI=1S/C19H16ClN5O2S/c20-14-5-7-15(8-6-14)25-23-16(19(27)24-10-1-2-11-24)18(28-25)22-17(26)13-4-3-9-21-12-13/h3-9,12H,1-2,10-11H2. The van der Waals surface area contributed by atoms with E-state index < -0.39 is 5.91 Å². The van der Waals surface area contributed by atoms with Gasteiger partial charge in [-0.05, 0) is 60.8 Å². The second kappa shape index (κ2) is 8.04. The van der Waals surface area contributed by atoms with Crippen molar-refractivity contribution < 1.29 is 9.59 Å². The Labute approximate surface area is 170 Å². The minimum absolute atomic E-state index is 0.180. The third kappa shape index (κ3) is 3.88. The third-order valence-electron chi connectivity index (χ3n) is 4.32. The van der Waals surface area contributed by atoms with Crippen molar-refractivity contribution in [2.75, 3.05) is 13.1 Å². The number of pyridine rings is 1. The summed E-state index contributed by atoms with van der Waals surface area (Å²) >= 11 is 7.09. The number of hydrogen-bond donors (Lipinski definition) is 0. The van der Waals surface area contributed by atoms with Crippen molar-refractivity contribution in [3.8, 4) is 5.69 Å². The van der Waals surface area contributed by atoms with Gasteiger partial charge in [0, 0.05) is 30.5 Å². The van der Waals surface area contributed by atoms with Crippen LogP contribution in [0, 0.1) is 0 Å². The van der Waals surface area contributed by atoms with Crippen LogP contribution in [0.4, 0.5) is 0 Å². The van der Waals surface area contributed by atoms with Gasteiger partial charge in [0.25, 0.3) is 11.8 Å². The largest absolute Gasteiger partial charge is 0.337 e. The van der Waals surface area contributed by atoms with Crippen molar-refractivity contribution in [1.29, 1.82) is 0 Å². The number of aromatic nitrogens is 3. The Morgan fingerprint density at radius 2 is 1.86 bits per heavy atom. The summed E-state index contributed by atoms with van der Waals surface area (Å²) in [6, 6.07) is 10.4. The first-order valence-electron chi connectivity index (χ1n) is 8.77. The predicted molar refractivity (Wildman–Crippen MR) is 106 cm³/mol. The highest BCUT2D eigenvalue weighted by atomic mass is 35.5. The minimum Gasteiger partial charge on any atom is -0.337 e. The molecule has 1 fully saturated rings. The molecule has 0 radical (unpaired) electrons. The molecule has 2 amide bonds. The van der Waals surface area contributed by atoms with Gasteiger partial charge in [0.05, 0.1) is 11.3 Å². The van der Waals surface area contributed by atoms with Crippen LogP contribution in [0.5, 0.6) is 0 Å². The molecule has 0 atom stereocenters. The van der Waals surface area contributed by atoms with E-state index in [2.05, 4.69) is 15.1 Å². The summed E-state index contributed by atoms with van der Waals surface area (Å²) in [5, 5.41) is 5.04. The maximum atomic E-state index is 12.9. The SMILES string of the molecule is O=C(N=c1sn(-c2ccc(Cl)cc2)nc1C(=O)N1CCCC1)c1cccnc1. The van der Waals surface area contributed by atoms with Crippen LogP contribution in [-0.2, 0) is 0 Å². The summed E-state index contributed by atoms with van der Waals surface area (Å²) in [5.74, 6) is -0.672. The number of amides is 2. The summed E-state index contributed by atoms with van der Waals surface area (Å²) in [4.78, 5) is 35.3. The van der Waals surface area contributed by atoms with Gasteiger partial charge in [-0.1, -0.05) is 11.6 Å². The van der Waals surface area contributed by atoms with E-state index in [1.165, 1.54) is 6.20 Å². The van der Waals surface area contributed by atoms with Crippen LogP contribution in [0.3, 0.4) is 0 Å². The number of likely N-dealkylation sites (tertiary alicyclic amines) is 1. The molecular formula is C19H16ClN5O2S. The molecule has 0 bridgehead atoms. The zero-order valence-corrected chi connectivity index (χ0v) is 16.4. The van der Waals surface area contributed by atoms with Gasteiger partial charge in [0.15, 0.2) is 10.4 Å². The Morgan fingerprint density at radius 3 is 2.54 bits per heavy atom. The average molecular weight is 414 g/mol. The van der Waals surface area contributed by atoms with E-state index in [9.17, 15) is 9.59 Å².